The highest BCUT2D eigenvalue weighted by molar-refractivity contribution is 7.89. The first-order chi connectivity index (χ1) is 13.5. The van der Waals surface area contributed by atoms with Gasteiger partial charge >= 0.3 is 0 Å². The second-order valence-corrected chi connectivity index (χ2v) is 8.15. The van der Waals surface area contributed by atoms with Gasteiger partial charge in [0.1, 0.15) is 28.6 Å². The maximum Gasteiger partial charge on any atom is 0.244 e. The van der Waals surface area contributed by atoms with Gasteiger partial charge in [0.15, 0.2) is 0 Å². The molecular formula is C17H22ClN5O4S. The molecular weight excluding hydrogens is 406 g/mol. The van der Waals surface area contributed by atoms with Crippen LogP contribution in [0.4, 0.5) is 11.6 Å². The second-order valence-electron chi connectivity index (χ2n) is 5.98. The average Bonchev–Trinajstić information content (AvgIpc) is 2.72. The van der Waals surface area contributed by atoms with Gasteiger partial charge < -0.3 is 19.7 Å². The molecule has 1 aromatic carbocycles. The molecule has 1 saturated heterocycles. The number of methoxy groups -OCH3 is 1. The van der Waals surface area contributed by atoms with Gasteiger partial charge in [0.25, 0.3) is 0 Å². The summed E-state index contributed by atoms with van der Waals surface area (Å²) in [4.78, 5) is 10.6. The first kappa shape index (κ1) is 20.6. The molecule has 1 aliphatic heterocycles. The zero-order valence-electron chi connectivity index (χ0n) is 15.4. The van der Waals surface area contributed by atoms with Crippen LogP contribution >= 0.6 is 11.6 Å². The molecule has 0 spiro atoms. The number of aromatic nitrogens is 2. The topological polar surface area (TPSA) is 106 Å². The Bertz CT molecular complexity index is 906. The van der Waals surface area contributed by atoms with E-state index in [1.54, 1.807) is 6.07 Å². The van der Waals surface area contributed by atoms with Crippen LogP contribution in [0.25, 0.3) is 0 Å². The number of sulfonamides is 1. The van der Waals surface area contributed by atoms with E-state index < -0.39 is 10.0 Å². The molecule has 0 bridgehead atoms. The van der Waals surface area contributed by atoms with Crippen molar-refractivity contribution in [2.45, 2.75) is 4.90 Å². The van der Waals surface area contributed by atoms with Gasteiger partial charge in [-0.25, -0.2) is 23.1 Å². The minimum absolute atomic E-state index is 0.000796. The summed E-state index contributed by atoms with van der Waals surface area (Å²) < 4.78 is 38.0. The standard InChI is InChI=1S/C17H22ClN5O4S/c1-26-14-3-2-13(18)10-15(14)28(24,25)22-5-4-19-16-11-17(21-12-20-16)23-6-8-27-9-7-23/h2-3,10-12,22H,4-9H2,1H3,(H,19,20,21). The van der Waals surface area contributed by atoms with Gasteiger partial charge in [-0.1, -0.05) is 11.6 Å². The lowest BCUT2D eigenvalue weighted by Gasteiger charge is -2.27. The van der Waals surface area contributed by atoms with Gasteiger partial charge in [0.05, 0.1) is 20.3 Å². The van der Waals surface area contributed by atoms with E-state index in [-0.39, 0.29) is 17.2 Å². The number of hydrogen-bond acceptors (Lipinski definition) is 8. The van der Waals surface area contributed by atoms with Crippen LogP contribution < -0.4 is 19.7 Å². The maximum atomic E-state index is 12.5. The van der Waals surface area contributed by atoms with Crippen LogP contribution in [-0.2, 0) is 14.8 Å². The number of morpholine rings is 1. The van der Waals surface area contributed by atoms with Crippen molar-refractivity contribution in [1.82, 2.24) is 14.7 Å². The van der Waals surface area contributed by atoms with Gasteiger partial charge in [-0.15, -0.1) is 0 Å². The molecule has 11 heteroatoms. The van der Waals surface area contributed by atoms with E-state index in [1.165, 1.54) is 25.6 Å². The van der Waals surface area contributed by atoms with E-state index in [4.69, 9.17) is 21.1 Å². The van der Waals surface area contributed by atoms with E-state index in [2.05, 4.69) is 24.9 Å². The van der Waals surface area contributed by atoms with Crippen molar-refractivity contribution < 1.29 is 17.9 Å². The summed E-state index contributed by atoms with van der Waals surface area (Å²) in [5.74, 6) is 1.66. The Morgan fingerprint density at radius 1 is 1.21 bits per heavy atom. The molecule has 28 heavy (non-hydrogen) atoms. The molecule has 9 nitrogen and oxygen atoms in total. The summed E-state index contributed by atoms with van der Waals surface area (Å²) in [5.41, 5.74) is 0. The van der Waals surface area contributed by atoms with Crippen LogP contribution in [0.5, 0.6) is 5.75 Å². The first-order valence-corrected chi connectivity index (χ1v) is 10.6. The highest BCUT2D eigenvalue weighted by atomic mass is 35.5. The van der Waals surface area contributed by atoms with Crippen LogP contribution in [0.3, 0.4) is 0 Å². The van der Waals surface area contributed by atoms with Gasteiger partial charge in [0.2, 0.25) is 10.0 Å². The number of nitrogens with one attached hydrogen (secondary N) is 2. The third-order valence-electron chi connectivity index (χ3n) is 4.13. The molecule has 0 atom stereocenters. The quantitative estimate of drug-likeness (QED) is 0.608. The molecule has 0 amide bonds. The lowest BCUT2D eigenvalue weighted by molar-refractivity contribution is 0.122. The molecule has 0 unspecified atom stereocenters. The predicted octanol–water partition coefficient (Wildman–Crippen LogP) is 1.37. The van der Waals surface area contributed by atoms with Crippen molar-refractivity contribution in [2.75, 3.05) is 56.7 Å². The molecule has 1 fully saturated rings. The zero-order chi connectivity index (χ0) is 20.0. The Morgan fingerprint density at radius 3 is 2.75 bits per heavy atom. The van der Waals surface area contributed by atoms with Crippen molar-refractivity contribution in [1.29, 1.82) is 0 Å². The Labute approximate surface area is 169 Å². The fourth-order valence-electron chi connectivity index (χ4n) is 2.72. The van der Waals surface area contributed by atoms with Crippen molar-refractivity contribution in [2.24, 2.45) is 0 Å². The number of anilines is 2. The van der Waals surface area contributed by atoms with E-state index >= 15 is 0 Å². The molecule has 3 rings (SSSR count). The Balaban J connectivity index is 1.56. The van der Waals surface area contributed by atoms with Crippen LogP contribution in [0.15, 0.2) is 35.5 Å². The first-order valence-electron chi connectivity index (χ1n) is 8.71. The van der Waals surface area contributed by atoms with E-state index in [0.29, 0.717) is 30.6 Å². The highest BCUT2D eigenvalue weighted by Gasteiger charge is 2.19. The number of halogens is 1. The lowest BCUT2D eigenvalue weighted by Crippen LogP contribution is -2.36. The Hall–Kier alpha value is -2.14. The van der Waals surface area contributed by atoms with Crippen molar-refractivity contribution in [3.8, 4) is 5.75 Å². The third kappa shape index (κ3) is 5.22. The minimum atomic E-state index is -3.76. The predicted molar refractivity (Wildman–Crippen MR) is 107 cm³/mol. The fraction of sp³-hybridized carbons (Fsp3) is 0.412. The normalized spacial score (nSPS) is 14.7. The third-order valence-corrected chi connectivity index (χ3v) is 5.84. The van der Waals surface area contributed by atoms with Crippen LogP contribution in [0.2, 0.25) is 5.02 Å². The molecule has 0 aliphatic carbocycles. The molecule has 2 N–H and O–H groups in total. The van der Waals surface area contributed by atoms with Crippen molar-refractivity contribution in [3.63, 3.8) is 0 Å². The smallest absolute Gasteiger partial charge is 0.244 e. The summed E-state index contributed by atoms with van der Waals surface area (Å²) in [7, 11) is -2.35. The number of hydrogen-bond donors (Lipinski definition) is 2. The number of ether oxygens (including phenoxy) is 2. The van der Waals surface area contributed by atoms with Crippen LogP contribution in [-0.4, -0.2) is 64.9 Å². The zero-order valence-corrected chi connectivity index (χ0v) is 17.0. The van der Waals surface area contributed by atoms with Gasteiger partial charge in [-0.2, -0.15) is 0 Å². The summed E-state index contributed by atoms with van der Waals surface area (Å²) in [6, 6.07) is 6.28. The van der Waals surface area contributed by atoms with Crippen LogP contribution in [0, 0.1) is 0 Å². The monoisotopic (exact) mass is 427 g/mol. The lowest BCUT2D eigenvalue weighted by atomic mass is 10.3. The summed E-state index contributed by atoms with van der Waals surface area (Å²) in [5, 5.41) is 3.41. The van der Waals surface area contributed by atoms with Gasteiger partial charge in [0, 0.05) is 37.3 Å². The highest BCUT2D eigenvalue weighted by Crippen LogP contribution is 2.26. The summed E-state index contributed by atoms with van der Waals surface area (Å²) in [6.45, 7) is 3.40. The molecule has 0 saturated carbocycles. The van der Waals surface area contributed by atoms with E-state index in [1.807, 2.05) is 6.07 Å². The summed E-state index contributed by atoms with van der Waals surface area (Å²) >= 11 is 5.91. The Kier molecular flexibility index (Phi) is 6.89. The van der Waals surface area contributed by atoms with Crippen molar-refractivity contribution in [3.05, 3.63) is 35.6 Å². The maximum absolute atomic E-state index is 12.5. The molecule has 2 heterocycles. The largest absolute Gasteiger partial charge is 0.495 e. The fourth-order valence-corrected chi connectivity index (χ4v) is 4.18. The minimum Gasteiger partial charge on any atom is -0.495 e. The average molecular weight is 428 g/mol. The Morgan fingerprint density at radius 2 is 2.00 bits per heavy atom. The number of benzene rings is 1. The van der Waals surface area contributed by atoms with Crippen molar-refractivity contribution >= 4 is 33.3 Å². The van der Waals surface area contributed by atoms with Gasteiger partial charge in [-0.05, 0) is 18.2 Å². The molecule has 2 aromatic rings. The number of rotatable bonds is 8. The SMILES string of the molecule is COc1ccc(Cl)cc1S(=O)(=O)NCCNc1cc(N2CCOCC2)ncn1. The van der Waals surface area contributed by atoms with Crippen LogP contribution in [0.1, 0.15) is 0 Å². The molecule has 1 aliphatic rings. The molecule has 0 radical (unpaired) electrons. The second kappa shape index (κ2) is 9.37. The molecule has 1 aromatic heterocycles. The van der Waals surface area contributed by atoms with E-state index in [0.717, 1.165) is 18.9 Å². The summed E-state index contributed by atoms with van der Waals surface area (Å²) in [6.07, 6.45) is 1.48. The molecule has 152 valence electrons. The van der Waals surface area contributed by atoms with Gasteiger partial charge in [-0.3, -0.25) is 0 Å². The van der Waals surface area contributed by atoms with E-state index in [9.17, 15) is 8.42 Å². The number of nitrogens with zero attached hydrogens (tertiary/aromatic N) is 3.